The maximum absolute atomic E-state index is 13.4. The highest BCUT2D eigenvalue weighted by molar-refractivity contribution is 7.89. The number of nitrogens with one attached hydrogen (secondary N) is 1. The summed E-state index contributed by atoms with van der Waals surface area (Å²) in [6, 6.07) is 12.4. The zero-order valence-electron chi connectivity index (χ0n) is 15.1. The number of hydrogen-bond acceptors (Lipinski definition) is 5. The SMILES string of the molecule is COc1ccc(C(CNS(=O)(=O)c2cccc(F)c2)N2CCOCC2)cc1. The number of halogens is 1. The number of rotatable bonds is 7. The Morgan fingerprint density at radius 3 is 2.52 bits per heavy atom. The van der Waals surface area contributed by atoms with Crippen LogP contribution in [0.15, 0.2) is 53.4 Å². The number of ether oxygens (including phenoxy) is 2. The molecule has 0 spiro atoms. The number of benzene rings is 2. The summed E-state index contributed by atoms with van der Waals surface area (Å²) >= 11 is 0. The zero-order chi connectivity index (χ0) is 19.3. The van der Waals surface area contributed by atoms with Gasteiger partial charge in [0, 0.05) is 25.7 Å². The van der Waals surface area contributed by atoms with Crippen molar-refractivity contribution in [3.8, 4) is 5.75 Å². The predicted octanol–water partition coefficient (Wildman–Crippen LogP) is 2.19. The molecule has 0 saturated carbocycles. The lowest BCUT2D eigenvalue weighted by molar-refractivity contribution is 0.0172. The fraction of sp³-hybridized carbons (Fsp3) is 0.368. The van der Waals surface area contributed by atoms with E-state index in [1.165, 1.54) is 18.2 Å². The molecule has 3 rings (SSSR count). The molecule has 1 N–H and O–H groups in total. The first-order valence-corrected chi connectivity index (χ1v) is 10.2. The van der Waals surface area contributed by atoms with Crippen molar-refractivity contribution < 1.29 is 22.3 Å². The van der Waals surface area contributed by atoms with E-state index in [2.05, 4.69) is 9.62 Å². The highest BCUT2D eigenvalue weighted by Gasteiger charge is 2.25. The second-order valence-corrected chi connectivity index (χ2v) is 8.01. The van der Waals surface area contributed by atoms with E-state index in [-0.39, 0.29) is 17.5 Å². The molecule has 2 aromatic rings. The van der Waals surface area contributed by atoms with Crippen molar-refractivity contribution >= 4 is 10.0 Å². The van der Waals surface area contributed by atoms with Crippen LogP contribution >= 0.6 is 0 Å². The minimum absolute atomic E-state index is 0.0852. The Labute approximate surface area is 159 Å². The third-order valence-corrected chi connectivity index (χ3v) is 5.98. The van der Waals surface area contributed by atoms with E-state index < -0.39 is 15.8 Å². The first kappa shape index (κ1) is 19.8. The summed E-state index contributed by atoms with van der Waals surface area (Å²) in [5, 5.41) is 0. The number of hydrogen-bond donors (Lipinski definition) is 1. The van der Waals surface area contributed by atoms with Crippen LogP contribution in [0.4, 0.5) is 4.39 Å². The molecule has 146 valence electrons. The topological polar surface area (TPSA) is 67.9 Å². The second kappa shape index (κ2) is 8.79. The van der Waals surface area contributed by atoms with Crippen LogP contribution in [-0.4, -0.2) is 53.3 Å². The Morgan fingerprint density at radius 2 is 1.89 bits per heavy atom. The van der Waals surface area contributed by atoms with Crippen molar-refractivity contribution in [2.45, 2.75) is 10.9 Å². The molecule has 0 aliphatic carbocycles. The minimum atomic E-state index is -3.81. The fourth-order valence-corrected chi connectivity index (χ4v) is 4.15. The van der Waals surface area contributed by atoms with Crippen LogP contribution in [0.25, 0.3) is 0 Å². The first-order valence-electron chi connectivity index (χ1n) is 8.70. The van der Waals surface area contributed by atoms with Gasteiger partial charge in [-0.05, 0) is 35.9 Å². The molecule has 0 aromatic heterocycles. The number of nitrogens with zero attached hydrogens (tertiary/aromatic N) is 1. The van der Waals surface area contributed by atoms with Crippen molar-refractivity contribution in [2.75, 3.05) is 40.0 Å². The quantitative estimate of drug-likeness (QED) is 0.780. The largest absolute Gasteiger partial charge is 0.497 e. The van der Waals surface area contributed by atoms with E-state index in [0.717, 1.165) is 17.4 Å². The van der Waals surface area contributed by atoms with E-state index in [1.807, 2.05) is 24.3 Å². The van der Waals surface area contributed by atoms with Gasteiger partial charge >= 0.3 is 0 Å². The van der Waals surface area contributed by atoms with Crippen LogP contribution in [0, 0.1) is 5.82 Å². The van der Waals surface area contributed by atoms with Gasteiger partial charge in [-0.1, -0.05) is 18.2 Å². The van der Waals surface area contributed by atoms with Gasteiger partial charge in [-0.25, -0.2) is 17.5 Å². The average molecular weight is 394 g/mol. The summed E-state index contributed by atoms with van der Waals surface area (Å²) < 4.78 is 51.7. The third kappa shape index (κ3) is 5.04. The van der Waals surface area contributed by atoms with Crippen LogP contribution in [0.5, 0.6) is 5.75 Å². The Kier molecular flexibility index (Phi) is 6.43. The van der Waals surface area contributed by atoms with Gasteiger partial charge in [-0.15, -0.1) is 0 Å². The van der Waals surface area contributed by atoms with E-state index >= 15 is 0 Å². The standard InChI is InChI=1S/C19H23FN2O4S/c1-25-17-7-5-15(6-8-17)19(22-9-11-26-12-10-22)14-21-27(23,24)18-4-2-3-16(20)13-18/h2-8,13,19,21H,9-12,14H2,1H3. The molecule has 1 saturated heterocycles. The van der Waals surface area contributed by atoms with Crippen LogP contribution in [-0.2, 0) is 14.8 Å². The molecule has 8 heteroatoms. The van der Waals surface area contributed by atoms with Gasteiger partial charge in [0.2, 0.25) is 10.0 Å². The molecule has 6 nitrogen and oxygen atoms in total. The Balaban J connectivity index is 1.80. The lowest BCUT2D eigenvalue weighted by Crippen LogP contribution is -2.43. The number of morpholine rings is 1. The summed E-state index contributed by atoms with van der Waals surface area (Å²) in [5.41, 5.74) is 0.972. The van der Waals surface area contributed by atoms with Crippen molar-refractivity contribution in [1.82, 2.24) is 9.62 Å². The van der Waals surface area contributed by atoms with Gasteiger partial charge in [0.15, 0.2) is 0 Å². The number of methoxy groups -OCH3 is 1. The summed E-state index contributed by atoms with van der Waals surface area (Å²) in [4.78, 5) is 2.09. The molecule has 1 aliphatic heterocycles. The first-order chi connectivity index (χ1) is 13.0. The van der Waals surface area contributed by atoms with E-state index in [0.29, 0.717) is 26.3 Å². The second-order valence-electron chi connectivity index (χ2n) is 6.25. The molecule has 1 atom stereocenters. The van der Waals surface area contributed by atoms with Gasteiger partial charge in [0.1, 0.15) is 11.6 Å². The maximum atomic E-state index is 13.4. The van der Waals surface area contributed by atoms with Gasteiger partial charge < -0.3 is 9.47 Å². The Morgan fingerprint density at radius 1 is 1.19 bits per heavy atom. The zero-order valence-corrected chi connectivity index (χ0v) is 15.9. The smallest absolute Gasteiger partial charge is 0.240 e. The maximum Gasteiger partial charge on any atom is 0.240 e. The highest BCUT2D eigenvalue weighted by Crippen LogP contribution is 2.24. The molecule has 1 heterocycles. The van der Waals surface area contributed by atoms with E-state index in [4.69, 9.17) is 9.47 Å². The number of sulfonamides is 1. The minimum Gasteiger partial charge on any atom is -0.497 e. The molecule has 2 aromatic carbocycles. The van der Waals surface area contributed by atoms with Crippen molar-refractivity contribution in [3.05, 3.63) is 59.9 Å². The highest BCUT2D eigenvalue weighted by atomic mass is 32.2. The third-order valence-electron chi connectivity index (χ3n) is 4.56. The summed E-state index contributed by atoms with van der Waals surface area (Å²) in [5.74, 6) is 0.151. The lowest BCUT2D eigenvalue weighted by Gasteiger charge is -2.35. The molecule has 1 fully saturated rings. The van der Waals surface area contributed by atoms with Gasteiger partial charge in [0.25, 0.3) is 0 Å². The average Bonchev–Trinajstić information content (AvgIpc) is 2.69. The van der Waals surface area contributed by atoms with Crippen molar-refractivity contribution in [2.24, 2.45) is 0 Å². The van der Waals surface area contributed by atoms with Crippen LogP contribution in [0.1, 0.15) is 11.6 Å². The summed E-state index contributed by atoms with van der Waals surface area (Å²) in [6.07, 6.45) is 0. The molecular weight excluding hydrogens is 371 g/mol. The predicted molar refractivity (Wildman–Crippen MR) is 99.7 cm³/mol. The van der Waals surface area contributed by atoms with Crippen LogP contribution in [0.3, 0.4) is 0 Å². The molecule has 0 amide bonds. The van der Waals surface area contributed by atoms with Crippen molar-refractivity contribution in [3.63, 3.8) is 0 Å². The molecule has 27 heavy (non-hydrogen) atoms. The summed E-state index contributed by atoms with van der Waals surface area (Å²) in [7, 11) is -2.21. The molecule has 0 bridgehead atoms. The molecular formula is C19H23FN2O4S. The van der Waals surface area contributed by atoms with E-state index in [9.17, 15) is 12.8 Å². The molecule has 1 aliphatic rings. The summed E-state index contributed by atoms with van der Waals surface area (Å²) in [6.45, 7) is 2.79. The Hall–Kier alpha value is -2.00. The van der Waals surface area contributed by atoms with E-state index in [1.54, 1.807) is 7.11 Å². The van der Waals surface area contributed by atoms with Gasteiger partial charge in [0.05, 0.1) is 25.2 Å². The lowest BCUT2D eigenvalue weighted by atomic mass is 10.0. The fourth-order valence-electron chi connectivity index (χ4n) is 3.08. The van der Waals surface area contributed by atoms with Crippen LogP contribution in [0.2, 0.25) is 0 Å². The van der Waals surface area contributed by atoms with Crippen molar-refractivity contribution in [1.29, 1.82) is 0 Å². The molecule has 0 radical (unpaired) electrons. The van der Waals surface area contributed by atoms with Gasteiger partial charge in [-0.3, -0.25) is 4.90 Å². The van der Waals surface area contributed by atoms with Gasteiger partial charge in [-0.2, -0.15) is 0 Å². The van der Waals surface area contributed by atoms with Crippen LogP contribution < -0.4 is 9.46 Å². The monoisotopic (exact) mass is 394 g/mol. The Bertz CT molecular complexity index is 852. The molecule has 1 unspecified atom stereocenters. The normalized spacial score (nSPS) is 16.8.